The predicted octanol–water partition coefficient (Wildman–Crippen LogP) is 3.15. The Kier molecular flexibility index (Phi) is 9.63. The first-order valence-corrected chi connectivity index (χ1v) is 10.8. The highest BCUT2D eigenvalue weighted by atomic mass is 35.5. The van der Waals surface area contributed by atoms with E-state index >= 15 is 0 Å². The zero-order chi connectivity index (χ0) is 20.9. The van der Waals surface area contributed by atoms with Crippen molar-refractivity contribution in [1.82, 2.24) is 4.90 Å². The molecule has 0 atom stereocenters. The maximum atomic E-state index is 8.52. The second-order valence-corrected chi connectivity index (χ2v) is 8.56. The van der Waals surface area contributed by atoms with Crippen LogP contribution < -0.4 is 4.74 Å². The second-order valence-electron chi connectivity index (χ2n) is 6.22. The van der Waals surface area contributed by atoms with Crippen LogP contribution in [0.15, 0.2) is 52.3 Å². The van der Waals surface area contributed by atoms with Gasteiger partial charge in [0.25, 0.3) is 0 Å². The van der Waals surface area contributed by atoms with E-state index in [9.17, 15) is 0 Å². The number of ether oxygens (including phenoxy) is 1. The van der Waals surface area contributed by atoms with Crippen LogP contribution in [-0.4, -0.2) is 55.6 Å². The summed E-state index contributed by atoms with van der Waals surface area (Å²) in [6, 6.07) is 12.4. The highest BCUT2D eigenvalue weighted by Crippen LogP contribution is 2.47. The van der Waals surface area contributed by atoms with Crippen LogP contribution in [0.4, 0.5) is 0 Å². The molecule has 2 N–H and O–H groups in total. The lowest BCUT2D eigenvalue weighted by molar-refractivity contribution is 0.352. The molecular weight excluding hydrogens is 438 g/mol. The molecule has 3 rings (SSSR count). The Balaban J connectivity index is 0.00000108. The van der Waals surface area contributed by atoms with Gasteiger partial charge in [-0.05, 0) is 73.6 Å². The Morgan fingerprint density at radius 3 is 2.38 bits per heavy atom. The van der Waals surface area contributed by atoms with Gasteiger partial charge in [-0.1, -0.05) is 29.4 Å². The molecule has 10 heteroatoms. The molecule has 1 heterocycles. The fourth-order valence-corrected chi connectivity index (χ4v) is 3.98. The molecule has 0 saturated heterocycles. The summed E-state index contributed by atoms with van der Waals surface area (Å²) in [5, 5.41) is 0.778. The summed E-state index contributed by atoms with van der Waals surface area (Å²) >= 11 is 8.01. The zero-order valence-electron chi connectivity index (χ0n) is 17.1. The number of rotatable bonds is 4. The molecule has 2 aromatic rings. The SMILES string of the molecule is COc1ccc2c(c1)Sc1ccc(Cl)cc1/C2=C/CCN(C)C.O.O=S(=O)([O-])[O-].[H+]. The summed E-state index contributed by atoms with van der Waals surface area (Å²) in [6.07, 6.45) is 3.32. The molecular formula is C19H23ClNO6S2-. The fraction of sp³-hybridized carbons (Fsp3) is 0.263. The van der Waals surface area contributed by atoms with Gasteiger partial charge in [-0.3, -0.25) is 8.42 Å². The number of fused-ring (bicyclic) bond motifs is 2. The quantitative estimate of drug-likeness (QED) is 0.432. The molecule has 2 aromatic carbocycles. The molecule has 160 valence electrons. The average molecular weight is 461 g/mol. The predicted molar refractivity (Wildman–Crippen MR) is 114 cm³/mol. The number of hydrogen-bond acceptors (Lipinski definition) is 7. The van der Waals surface area contributed by atoms with Gasteiger partial charge in [0, 0.05) is 31.8 Å². The Hall–Kier alpha value is -1.59. The molecule has 0 amide bonds. The van der Waals surface area contributed by atoms with E-state index in [4.69, 9.17) is 33.9 Å². The minimum Gasteiger partial charge on any atom is -0.759 e. The fourth-order valence-electron chi connectivity index (χ4n) is 2.69. The summed E-state index contributed by atoms with van der Waals surface area (Å²) in [6.45, 7) is 1.03. The van der Waals surface area contributed by atoms with Crippen LogP contribution in [0, 0.1) is 0 Å². The maximum Gasteiger partial charge on any atom is 1.00 e. The average Bonchev–Trinajstić information content (AvgIpc) is 2.59. The minimum atomic E-state index is -5.17. The normalized spacial score (nSPS) is 13.7. The lowest BCUT2D eigenvalue weighted by Crippen LogP contribution is -2.12. The third-order valence-electron chi connectivity index (χ3n) is 3.86. The largest absolute Gasteiger partial charge is 1.00 e. The maximum absolute atomic E-state index is 8.52. The summed E-state index contributed by atoms with van der Waals surface area (Å²) < 4.78 is 39.5. The third-order valence-corrected chi connectivity index (χ3v) is 5.22. The van der Waals surface area contributed by atoms with Crippen molar-refractivity contribution in [2.45, 2.75) is 16.2 Å². The van der Waals surface area contributed by atoms with Crippen LogP contribution in [0.3, 0.4) is 0 Å². The van der Waals surface area contributed by atoms with Crippen molar-refractivity contribution >= 4 is 39.3 Å². The van der Waals surface area contributed by atoms with Crippen LogP contribution >= 0.6 is 23.4 Å². The van der Waals surface area contributed by atoms with E-state index < -0.39 is 10.4 Å². The summed E-state index contributed by atoms with van der Waals surface area (Å²) in [5.41, 5.74) is 3.74. The van der Waals surface area contributed by atoms with E-state index in [0.29, 0.717) is 0 Å². The number of benzene rings is 2. The number of hydrogen-bond donors (Lipinski definition) is 0. The zero-order valence-corrected chi connectivity index (χ0v) is 18.5. The monoisotopic (exact) mass is 460 g/mol. The minimum absolute atomic E-state index is 0. The molecule has 0 aromatic heterocycles. The van der Waals surface area contributed by atoms with Gasteiger partial charge in [0.15, 0.2) is 0 Å². The number of methoxy groups -OCH3 is 1. The molecule has 0 radical (unpaired) electrons. The molecule has 0 saturated carbocycles. The van der Waals surface area contributed by atoms with Crippen molar-refractivity contribution in [3.8, 4) is 5.75 Å². The molecule has 1 aliphatic heterocycles. The van der Waals surface area contributed by atoms with E-state index in [1.165, 1.54) is 26.5 Å². The van der Waals surface area contributed by atoms with Crippen LogP contribution in [0.25, 0.3) is 5.57 Å². The lowest BCUT2D eigenvalue weighted by atomic mass is 9.96. The van der Waals surface area contributed by atoms with Crippen LogP contribution in [-0.2, 0) is 10.4 Å². The third kappa shape index (κ3) is 7.98. The van der Waals surface area contributed by atoms with Gasteiger partial charge in [-0.25, -0.2) is 0 Å². The van der Waals surface area contributed by atoms with Gasteiger partial charge < -0.3 is 24.2 Å². The van der Waals surface area contributed by atoms with Gasteiger partial charge in [-0.15, -0.1) is 0 Å². The smallest absolute Gasteiger partial charge is 0.759 e. The lowest BCUT2D eigenvalue weighted by Gasteiger charge is -2.23. The second kappa shape index (κ2) is 11.0. The van der Waals surface area contributed by atoms with E-state index in [2.05, 4.69) is 49.3 Å². The van der Waals surface area contributed by atoms with E-state index in [1.54, 1.807) is 18.9 Å². The van der Waals surface area contributed by atoms with Crippen LogP contribution in [0.2, 0.25) is 5.02 Å². The van der Waals surface area contributed by atoms with Crippen molar-refractivity contribution < 1.29 is 29.2 Å². The Morgan fingerprint density at radius 2 is 1.79 bits per heavy atom. The highest BCUT2D eigenvalue weighted by molar-refractivity contribution is 7.99. The highest BCUT2D eigenvalue weighted by Gasteiger charge is 2.21. The Morgan fingerprint density at radius 1 is 1.14 bits per heavy atom. The Bertz CT molecular complexity index is 975. The molecule has 7 nitrogen and oxygen atoms in total. The first kappa shape index (κ1) is 25.4. The van der Waals surface area contributed by atoms with E-state index in [0.717, 1.165) is 23.7 Å². The topological polar surface area (TPSA) is 124 Å². The molecule has 0 fully saturated rings. The van der Waals surface area contributed by atoms with Crippen LogP contribution in [0.5, 0.6) is 5.75 Å². The summed E-state index contributed by atoms with van der Waals surface area (Å²) in [5.74, 6) is 0.890. The van der Waals surface area contributed by atoms with Crippen molar-refractivity contribution in [2.75, 3.05) is 27.7 Å². The van der Waals surface area contributed by atoms with Crippen molar-refractivity contribution in [3.63, 3.8) is 0 Å². The standard InChI is InChI=1S/C19H20ClNOS.H2O4S.H2O/c1-21(2)10-4-5-15-16-8-7-14(22-3)12-19(16)23-18-9-6-13(20)11-17(15)18;1-5(2,3)4;/h5-9,11-12H,4,10H2,1-3H3;(H2,1,2,3,4);1H2/p-1/b15-5+;;. The number of halogens is 1. The van der Waals surface area contributed by atoms with Crippen molar-refractivity contribution in [3.05, 3.63) is 58.6 Å². The van der Waals surface area contributed by atoms with Crippen molar-refractivity contribution in [2.24, 2.45) is 0 Å². The first-order valence-electron chi connectivity index (χ1n) is 8.26. The van der Waals surface area contributed by atoms with E-state index in [-0.39, 0.29) is 6.90 Å². The van der Waals surface area contributed by atoms with Crippen molar-refractivity contribution in [1.29, 1.82) is 0 Å². The molecule has 0 aliphatic carbocycles. The van der Waals surface area contributed by atoms with Gasteiger partial charge in [0.1, 0.15) is 5.75 Å². The van der Waals surface area contributed by atoms with Gasteiger partial charge in [0.2, 0.25) is 0 Å². The van der Waals surface area contributed by atoms with Crippen LogP contribution in [0.1, 0.15) is 19.0 Å². The van der Waals surface area contributed by atoms with E-state index in [1.807, 2.05) is 12.1 Å². The molecule has 0 unspecified atom stereocenters. The molecule has 1 aliphatic rings. The summed E-state index contributed by atoms with van der Waals surface area (Å²) in [4.78, 5) is 4.67. The first-order chi connectivity index (χ1) is 13.1. The summed E-state index contributed by atoms with van der Waals surface area (Å²) in [7, 11) is 0.731. The molecule has 0 spiro atoms. The number of nitrogens with zero attached hydrogens (tertiary/aromatic N) is 1. The Labute approximate surface area is 181 Å². The molecule has 29 heavy (non-hydrogen) atoms. The van der Waals surface area contributed by atoms with Gasteiger partial charge >= 0.3 is 1.43 Å². The van der Waals surface area contributed by atoms with Gasteiger partial charge in [0.05, 0.1) is 7.11 Å². The van der Waals surface area contributed by atoms with Gasteiger partial charge in [-0.2, -0.15) is 0 Å². The molecule has 0 bridgehead atoms.